The zero-order valence-electron chi connectivity index (χ0n) is 15.3. The second-order valence-corrected chi connectivity index (χ2v) is 8.06. The van der Waals surface area contributed by atoms with Gasteiger partial charge in [-0.25, -0.2) is 4.79 Å². The summed E-state index contributed by atoms with van der Waals surface area (Å²) in [7, 11) is 0. The molecule has 2 rings (SSSR count). The van der Waals surface area contributed by atoms with Crippen LogP contribution in [0.15, 0.2) is 42.5 Å². The van der Waals surface area contributed by atoms with Gasteiger partial charge in [0, 0.05) is 0 Å². The molecule has 24 heavy (non-hydrogen) atoms. The summed E-state index contributed by atoms with van der Waals surface area (Å²) >= 11 is 0. The minimum atomic E-state index is -0.532. The maximum Gasteiger partial charge on any atom is 0.338 e. The highest BCUT2D eigenvalue weighted by molar-refractivity contribution is 5.92. The molecule has 3 heteroatoms. The van der Waals surface area contributed by atoms with Gasteiger partial charge in [0.05, 0.1) is 5.56 Å². The molecule has 128 valence electrons. The van der Waals surface area contributed by atoms with E-state index in [9.17, 15) is 9.90 Å². The first-order valence-corrected chi connectivity index (χ1v) is 8.15. The van der Waals surface area contributed by atoms with Crippen LogP contribution < -0.4 is 0 Å². The van der Waals surface area contributed by atoms with E-state index in [4.69, 9.17) is 4.74 Å². The van der Waals surface area contributed by atoms with Gasteiger partial charge in [-0.1, -0.05) is 39.0 Å². The summed E-state index contributed by atoms with van der Waals surface area (Å²) in [6.45, 7) is 11.8. The van der Waals surface area contributed by atoms with E-state index < -0.39 is 5.60 Å². The van der Waals surface area contributed by atoms with Crippen LogP contribution in [0.1, 0.15) is 57.5 Å². The third kappa shape index (κ3) is 4.38. The van der Waals surface area contributed by atoms with Crippen molar-refractivity contribution in [3.05, 3.63) is 53.6 Å². The summed E-state index contributed by atoms with van der Waals surface area (Å²) in [5.74, 6) is -0.0871. The molecule has 0 saturated carbocycles. The molecular weight excluding hydrogens is 300 g/mol. The van der Waals surface area contributed by atoms with E-state index in [0.29, 0.717) is 5.56 Å². The molecular formula is C21H26O3. The third-order valence-electron chi connectivity index (χ3n) is 3.63. The molecule has 0 aromatic heterocycles. The van der Waals surface area contributed by atoms with Gasteiger partial charge in [0.25, 0.3) is 0 Å². The van der Waals surface area contributed by atoms with Crippen molar-refractivity contribution >= 4 is 5.97 Å². The minimum Gasteiger partial charge on any atom is -0.508 e. The predicted octanol–water partition coefficient (Wildman–Crippen LogP) is 5.31. The van der Waals surface area contributed by atoms with Crippen molar-refractivity contribution in [3.63, 3.8) is 0 Å². The molecule has 1 N–H and O–H groups in total. The van der Waals surface area contributed by atoms with E-state index in [2.05, 4.69) is 20.8 Å². The molecule has 0 fully saturated rings. The number of carbonyl (C=O) groups is 1. The van der Waals surface area contributed by atoms with Crippen LogP contribution in [0, 0.1) is 0 Å². The number of hydrogen-bond acceptors (Lipinski definition) is 3. The van der Waals surface area contributed by atoms with Crippen molar-refractivity contribution in [2.24, 2.45) is 0 Å². The van der Waals surface area contributed by atoms with E-state index in [0.717, 1.165) is 16.7 Å². The van der Waals surface area contributed by atoms with Crippen LogP contribution in [0.5, 0.6) is 5.75 Å². The normalized spacial score (nSPS) is 12.1. The van der Waals surface area contributed by atoms with E-state index in [1.165, 1.54) is 0 Å². The highest BCUT2D eigenvalue weighted by atomic mass is 16.6. The molecule has 0 radical (unpaired) electrons. The Morgan fingerprint density at radius 3 is 2.08 bits per heavy atom. The quantitative estimate of drug-likeness (QED) is 0.761. The smallest absolute Gasteiger partial charge is 0.338 e. The van der Waals surface area contributed by atoms with E-state index in [1.807, 2.05) is 51.1 Å². The molecule has 0 bridgehead atoms. The lowest BCUT2D eigenvalue weighted by Gasteiger charge is -2.26. The number of hydrogen-bond donors (Lipinski definition) is 1. The SMILES string of the molecule is CC(C)(C)OC(=O)c1ccc(-c2cccc(O)c2)cc1C(C)(C)C. The van der Waals surface area contributed by atoms with Crippen LogP contribution in [0.3, 0.4) is 0 Å². The number of aromatic hydroxyl groups is 1. The summed E-state index contributed by atoms with van der Waals surface area (Å²) in [6.07, 6.45) is 0. The Kier molecular flexibility index (Phi) is 4.75. The van der Waals surface area contributed by atoms with Crippen LogP contribution >= 0.6 is 0 Å². The molecule has 0 aliphatic rings. The Morgan fingerprint density at radius 1 is 0.917 bits per heavy atom. The lowest BCUT2D eigenvalue weighted by molar-refractivity contribution is 0.00670. The molecule has 0 heterocycles. The second kappa shape index (κ2) is 6.31. The van der Waals surface area contributed by atoms with E-state index in [1.54, 1.807) is 12.1 Å². The van der Waals surface area contributed by atoms with Crippen LogP contribution in [0.4, 0.5) is 0 Å². The maximum absolute atomic E-state index is 12.6. The van der Waals surface area contributed by atoms with Crippen molar-refractivity contribution in [1.29, 1.82) is 0 Å². The molecule has 3 nitrogen and oxygen atoms in total. The number of phenols is 1. The first-order chi connectivity index (χ1) is 11.0. The first kappa shape index (κ1) is 18.1. The summed E-state index contributed by atoms with van der Waals surface area (Å²) in [5, 5.41) is 9.70. The second-order valence-electron chi connectivity index (χ2n) is 8.06. The first-order valence-electron chi connectivity index (χ1n) is 8.15. The third-order valence-corrected chi connectivity index (χ3v) is 3.63. The van der Waals surface area contributed by atoms with Crippen molar-refractivity contribution in [3.8, 4) is 16.9 Å². The number of carbonyl (C=O) groups excluding carboxylic acids is 1. The van der Waals surface area contributed by atoms with Crippen LogP contribution in [-0.4, -0.2) is 16.7 Å². The van der Waals surface area contributed by atoms with Gasteiger partial charge in [-0.3, -0.25) is 0 Å². The van der Waals surface area contributed by atoms with Crippen molar-refractivity contribution < 1.29 is 14.6 Å². The molecule has 0 aliphatic heterocycles. The van der Waals surface area contributed by atoms with Gasteiger partial charge in [-0.05, 0) is 67.1 Å². The van der Waals surface area contributed by atoms with Crippen LogP contribution in [0.25, 0.3) is 11.1 Å². The number of ether oxygens (including phenoxy) is 1. The predicted molar refractivity (Wildman–Crippen MR) is 97.4 cm³/mol. The molecule has 0 saturated heterocycles. The molecule has 2 aromatic carbocycles. The van der Waals surface area contributed by atoms with Crippen molar-refractivity contribution in [1.82, 2.24) is 0 Å². The van der Waals surface area contributed by atoms with Crippen LogP contribution in [-0.2, 0) is 10.2 Å². The summed E-state index contributed by atoms with van der Waals surface area (Å²) < 4.78 is 5.55. The zero-order chi connectivity index (χ0) is 18.1. The van der Waals surface area contributed by atoms with Gasteiger partial charge in [0.1, 0.15) is 11.4 Å². The van der Waals surface area contributed by atoms with Gasteiger partial charge in [-0.15, -0.1) is 0 Å². The number of rotatable bonds is 2. The largest absolute Gasteiger partial charge is 0.508 e. The highest BCUT2D eigenvalue weighted by Crippen LogP contribution is 2.32. The minimum absolute atomic E-state index is 0.209. The standard InChI is InChI=1S/C21H26O3/c1-20(2,3)18-13-15(14-8-7-9-16(22)12-14)10-11-17(18)19(23)24-21(4,5)6/h7-13,22H,1-6H3. The van der Waals surface area contributed by atoms with Gasteiger partial charge < -0.3 is 9.84 Å². The Hall–Kier alpha value is -2.29. The highest BCUT2D eigenvalue weighted by Gasteiger charge is 2.26. The number of esters is 1. The molecule has 0 atom stereocenters. The Labute approximate surface area is 144 Å². The lowest BCUT2D eigenvalue weighted by atomic mass is 9.82. The lowest BCUT2D eigenvalue weighted by Crippen LogP contribution is -2.26. The number of benzene rings is 2. The maximum atomic E-state index is 12.6. The van der Waals surface area contributed by atoms with E-state index >= 15 is 0 Å². The fourth-order valence-corrected chi connectivity index (χ4v) is 2.54. The monoisotopic (exact) mass is 326 g/mol. The van der Waals surface area contributed by atoms with Crippen LogP contribution in [0.2, 0.25) is 0 Å². The summed E-state index contributed by atoms with van der Waals surface area (Å²) in [6, 6.07) is 12.8. The zero-order valence-corrected chi connectivity index (χ0v) is 15.3. The van der Waals surface area contributed by atoms with Gasteiger partial charge in [-0.2, -0.15) is 0 Å². The Balaban J connectivity index is 2.53. The van der Waals surface area contributed by atoms with Crippen molar-refractivity contribution in [2.75, 3.05) is 0 Å². The fraction of sp³-hybridized carbons (Fsp3) is 0.381. The molecule has 0 amide bonds. The van der Waals surface area contributed by atoms with Gasteiger partial charge >= 0.3 is 5.97 Å². The molecule has 0 spiro atoms. The van der Waals surface area contributed by atoms with Gasteiger partial charge in [0.2, 0.25) is 0 Å². The number of phenolic OH excluding ortho intramolecular Hbond substituents is 1. The summed E-state index contributed by atoms with van der Waals surface area (Å²) in [5.41, 5.74) is 2.65. The average molecular weight is 326 g/mol. The Bertz CT molecular complexity index is 746. The van der Waals surface area contributed by atoms with E-state index in [-0.39, 0.29) is 17.1 Å². The average Bonchev–Trinajstić information content (AvgIpc) is 2.44. The summed E-state index contributed by atoms with van der Waals surface area (Å²) in [4.78, 5) is 12.6. The van der Waals surface area contributed by atoms with Gasteiger partial charge in [0.15, 0.2) is 0 Å². The molecule has 0 unspecified atom stereocenters. The fourth-order valence-electron chi connectivity index (χ4n) is 2.54. The van der Waals surface area contributed by atoms with Crippen molar-refractivity contribution in [2.45, 2.75) is 52.6 Å². The Morgan fingerprint density at radius 2 is 1.54 bits per heavy atom. The topological polar surface area (TPSA) is 46.5 Å². The molecule has 2 aromatic rings. The molecule has 0 aliphatic carbocycles.